The summed E-state index contributed by atoms with van der Waals surface area (Å²) in [7, 11) is 0. The molecular weight excluding hydrogens is 415 g/mol. The van der Waals surface area contributed by atoms with Crippen LogP contribution in [0.15, 0.2) is 30.9 Å². The van der Waals surface area contributed by atoms with Crippen LogP contribution in [0.4, 0.5) is 4.39 Å². The first kappa shape index (κ1) is 22.3. The van der Waals surface area contributed by atoms with Gasteiger partial charge in [0, 0.05) is 42.5 Å². The molecule has 2 heterocycles. The third kappa shape index (κ3) is 4.39. The van der Waals surface area contributed by atoms with Crippen molar-refractivity contribution in [3.63, 3.8) is 0 Å². The summed E-state index contributed by atoms with van der Waals surface area (Å²) in [6.07, 6.45) is 5.80. The van der Waals surface area contributed by atoms with Crippen LogP contribution in [0.5, 0.6) is 0 Å². The van der Waals surface area contributed by atoms with Gasteiger partial charge in [0.1, 0.15) is 5.82 Å². The van der Waals surface area contributed by atoms with Crippen LogP contribution in [-0.2, 0) is 9.59 Å². The molecule has 31 heavy (non-hydrogen) atoms. The lowest BCUT2D eigenvalue weighted by atomic mass is 9.64. The second kappa shape index (κ2) is 8.23. The zero-order chi connectivity index (χ0) is 22.4. The Kier molecular flexibility index (Phi) is 5.93. The van der Waals surface area contributed by atoms with Crippen molar-refractivity contribution in [3.05, 3.63) is 47.3 Å². The van der Waals surface area contributed by atoms with Crippen LogP contribution in [0.2, 0.25) is 5.02 Å². The van der Waals surface area contributed by atoms with Gasteiger partial charge in [0.25, 0.3) is 0 Å². The van der Waals surface area contributed by atoms with Crippen molar-refractivity contribution in [3.8, 4) is 0 Å². The highest BCUT2D eigenvalue weighted by atomic mass is 35.5. The largest absolute Gasteiger partial charge is 0.342 e. The Hall–Kier alpha value is -1.88. The smallest absolute Gasteiger partial charge is 0.245 e. The van der Waals surface area contributed by atoms with E-state index in [1.165, 1.54) is 18.2 Å². The molecule has 4 nitrogen and oxygen atoms in total. The molecule has 0 unspecified atom stereocenters. The first-order valence-corrected chi connectivity index (χ1v) is 11.7. The van der Waals surface area contributed by atoms with E-state index in [2.05, 4.69) is 20.4 Å². The topological polar surface area (TPSA) is 40.6 Å². The molecule has 2 aliphatic heterocycles. The predicted octanol–water partition coefficient (Wildman–Crippen LogP) is 5.03. The molecule has 0 radical (unpaired) electrons. The number of carbonyl (C=O) groups excluding carboxylic acids is 2. The van der Waals surface area contributed by atoms with E-state index in [1.54, 1.807) is 6.07 Å². The minimum absolute atomic E-state index is 0.0104. The Labute approximate surface area is 189 Å². The highest BCUT2D eigenvalue weighted by Gasteiger charge is 2.48. The quantitative estimate of drug-likeness (QED) is 0.611. The Morgan fingerprint density at radius 2 is 1.84 bits per heavy atom. The molecule has 1 aromatic carbocycles. The number of likely N-dealkylation sites (tertiary alicyclic amines) is 2. The van der Waals surface area contributed by atoms with Crippen LogP contribution in [0, 0.1) is 22.6 Å². The van der Waals surface area contributed by atoms with Gasteiger partial charge < -0.3 is 9.80 Å². The number of hydrogen-bond acceptors (Lipinski definition) is 2. The number of hydrogen-bond donors (Lipinski definition) is 0. The van der Waals surface area contributed by atoms with Gasteiger partial charge >= 0.3 is 0 Å². The number of carbonyl (C=O) groups is 2. The second-order valence-corrected chi connectivity index (χ2v) is 10.9. The molecule has 3 fully saturated rings. The van der Waals surface area contributed by atoms with Crippen molar-refractivity contribution < 1.29 is 14.0 Å². The third-order valence-corrected chi connectivity index (χ3v) is 8.08. The van der Waals surface area contributed by atoms with Crippen molar-refractivity contribution in [1.29, 1.82) is 0 Å². The number of piperidine rings is 1. The zero-order valence-corrected chi connectivity index (χ0v) is 19.3. The van der Waals surface area contributed by atoms with Gasteiger partial charge in [-0.2, -0.15) is 0 Å². The molecule has 1 aromatic rings. The molecule has 0 N–H and O–H groups in total. The molecule has 1 aliphatic carbocycles. The molecule has 2 atom stereocenters. The van der Waals surface area contributed by atoms with Crippen LogP contribution in [0.25, 0.3) is 0 Å². The van der Waals surface area contributed by atoms with Crippen molar-refractivity contribution in [1.82, 2.24) is 9.80 Å². The molecule has 1 saturated carbocycles. The number of amides is 2. The van der Waals surface area contributed by atoms with Crippen molar-refractivity contribution in [2.24, 2.45) is 16.7 Å². The van der Waals surface area contributed by atoms with Gasteiger partial charge in [-0.05, 0) is 73.3 Å². The van der Waals surface area contributed by atoms with Gasteiger partial charge in [-0.15, -0.1) is 0 Å². The van der Waals surface area contributed by atoms with E-state index in [-0.39, 0.29) is 40.3 Å². The highest BCUT2D eigenvalue weighted by Crippen LogP contribution is 2.49. The molecule has 3 aliphatic rings. The maximum absolute atomic E-state index is 14.0. The predicted molar refractivity (Wildman–Crippen MR) is 120 cm³/mol. The molecular formula is C25H32ClFN2O2. The standard InChI is InChI=1S/C25H32ClFN2O2/c1-4-22(30)29-15-25(16-29)9-11-28(12-10-25)23(31)18-7-8-24(2,3)14-20(18)19-13-17(27)5-6-21(19)26/h4-6,13,18,20H,1,7-12,14-16H2,2-3H3/t18-,20-/m0/s1. The summed E-state index contributed by atoms with van der Waals surface area (Å²) in [5.74, 6) is -0.378. The highest BCUT2D eigenvalue weighted by molar-refractivity contribution is 6.31. The average molecular weight is 447 g/mol. The number of rotatable bonds is 3. The van der Waals surface area contributed by atoms with E-state index in [0.29, 0.717) is 5.02 Å². The van der Waals surface area contributed by atoms with Crippen LogP contribution in [0.1, 0.15) is 57.4 Å². The molecule has 4 rings (SSSR count). The van der Waals surface area contributed by atoms with E-state index < -0.39 is 0 Å². The lowest BCUT2D eigenvalue weighted by molar-refractivity contribution is -0.149. The van der Waals surface area contributed by atoms with E-state index in [9.17, 15) is 14.0 Å². The Morgan fingerprint density at radius 3 is 2.48 bits per heavy atom. The first-order valence-electron chi connectivity index (χ1n) is 11.3. The summed E-state index contributed by atoms with van der Waals surface area (Å²) in [4.78, 5) is 29.2. The van der Waals surface area contributed by atoms with Gasteiger partial charge in [0.05, 0.1) is 0 Å². The fraction of sp³-hybridized carbons (Fsp3) is 0.600. The molecule has 2 saturated heterocycles. The maximum Gasteiger partial charge on any atom is 0.245 e. The summed E-state index contributed by atoms with van der Waals surface area (Å²) in [5.41, 5.74) is 1.00. The SMILES string of the molecule is C=CC(=O)N1CC2(CCN(C(=O)[C@H]3CCC(C)(C)C[C@@H]3c3cc(F)ccc3Cl)CC2)C1. The molecule has 1 spiro atoms. The minimum atomic E-state index is -0.308. The molecule has 0 aromatic heterocycles. The normalized spacial score (nSPS) is 27.0. The van der Waals surface area contributed by atoms with Crippen molar-refractivity contribution >= 4 is 23.4 Å². The Balaban J connectivity index is 1.46. The molecule has 0 bridgehead atoms. The summed E-state index contributed by atoms with van der Waals surface area (Å²) in [6, 6.07) is 4.49. The van der Waals surface area contributed by atoms with Crippen molar-refractivity contribution in [2.45, 2.75) is 51.9 Å². The van der Waals surface area contributed by atoms with E-state index in [1.807, 2.05) is 9.80 Å². The fourth-order valence-corrected chi connectivity index (χ4v) is 6.07. The summed E-state index contributed by atoms with van der Waals surface area (Å²) in [5, 5.41) is 0.543. The minimum Gasteiger partial charge on any atom is -0.342 e. The summed E-state index contributed by atoms with van der Waals surface area (Å²) >= 11 is 6.46. The fourth-order valence-electron chi connectivity index (χ4n) is 5.81. The average Bonchev–Trinajstić information content (AvgIpc) is 2.72. The molecule has 6 heteroatoms. The number of benzene rings is 1. The molecule has 168 valence electrons. The van der Waals surface area contributed by atoms with E-state index in [4.69, 9.17) is 11.6 Å². The van der Waals surface area contributed by atoms with Gasteiger partial charge in [-0.1, -0.05) is 32.0 Å². The second-order valence-electron chi connectivity index (χ2n) is 10.5. The van der Waals surface area contributed by atoms with Crippen LogP contribution < -0.4 is 0 Å². The van der Waals surface area contributed by atoms with Crippen LogP contribution in [-0.4, -0.2) is 47.8 Å². The molecule has 2 amide bonds. The monoisotopic (exact) mass is 446 g/mol. The van der Waals surface area contributed by atoms with Crippen molar-refractivity contribution in [2.75, 3.05) is 26.2 Å². The lowest BCUT2D eigenvalue weighted by Gasteiger charge is -2.54. The first-order chi connectivity index (χ1) is 14.6. The van der Waals surface area contributed by atoms with Crippen LogP contribution >= 0.6 is 11.6 Å². The summed E-state index contributed by atoms with van der Waals surface area (Å²) < 4.78 is 14.0. The third-order valence-electron chi connectivity index (χ3n) is 7.74. The lowest BCUT2D eigenvalue weighted by Crippen LogP contribution is -2.62. The Morgan fingerprint density at radius 1 is 1.16 bits per heavy atom. The number of nitrogens with zero attached hydrogens (tertiary/aromatic N) is 2. The van der Waals surface area contributed by atoms with Gasteiger partial charge in [0.15, 0.2) is 0 Å². The maximum atomic E-state index is 14.0. The van der Waals surface area contributed by atoms with E-state index >= 15 is 0 Å². The Bertz CT molecular complexity index is 884. The van der Waals surface area contributed by atoms with Gasteiger partial charge in [0.2, 0.25) is 11.8 Å². The van der Waals surface area contributed by atoms with Gasteiger partial charge in [-0.25, -0.2) is 4.39 Å². The van der Waals surface area contributed by atoms with Gasteiger partial charge in [-0.3, -0.25) is 9.59 Å². The number of halogens is 2. The summed E-state index contributed by atoms with van der Waals surface area (Å²) in [6.45, 7) is 11.0. The van der Waals surface area contributed by atoms with E-state index in [0.717, 1.165) is 63.8 Å². The zero-order valence-electron chi connectivity index (χ0n) is 18.5. The van der Waals surface area contributed by atoms with Crippen LogP contribution in [0.3, 0.4) is 0 Å².